The topological polar surface area (TPSA) is 134 Å². The predicted molar refractivity (Wildman–Crippen MR) is 219 cm³/mol. The van der Waals surface area contributed by atoms with Crippen molar-refractivity contribution in [1.82, 2.24) is 0 Å². The number of allylic oxidation sites excluding steroid dienone is 12. The Hall–Kier alpha value is -2.55. The lowest BCUT2D eigenvalue weighted by Gasteiger charge is -2.19. The molecule has 0 amide bonds. The van der Waals surface area contributed by atoms with E-state index in [9.17, 15) is 19.0 Å². The van der Waals surface area contributed by atoms with Gasteiger partial charge >= 0.3 is 19.8 Å². The van der Waals surface area contributed by atoms with Crippen molar-refractivity contribution in [3.05, 3.63) is 72.9 Å². The van der Waals surface area contributed by atoms with Crippen LogP contribution < -0.4 is 5.73 Å². The summed E-state index contributed by atoms with van der Waals surface area (Å²) in [6.07, 6.45) is 46.4. The molecule has 10 heteroatoms. The summed E-state index contributed by atoms with van der Waals surface area (Å²) in [5.41, 5.74) is 5.34. The lowest BCUT2D eigenvalue weighted by atomic mass is 10.1. The molecule has 0 bridgehead atoms. The van der Waals surface area contributed by atoms with Crippen LogP contribution in [0.2, 0.25) is 0 Å². The predicted octanol–water partition coefficient (Wildman–Crippen LogP) is 11.5. The fourth-order valence-corrected chi connectivity index (χ4v) is 5.83. The Bertz CT molecular complexity index is 1100. The maximum Gasteiger partial charge on any atom is 0.472 e. The second-order valence-corrected chi connectivity index (χ2v) is 14.6. The quantitative estimate of drug-likeness (QED) is 0.0274. The number of nitrogens with two attached hydrogens (primary N) is 1. The van der Waals surface area contributed by atoms with Gasteiger partial charge in [0.25, 0.3) is 0 Å². The van der Waals surface area contributed by atoms with E-state index in [1.807, 2.05) is 0 Å². The van der Waals surface area contributed by atoms with Gasteiger partial charge in [0.05, 0.1) is 13.2 Å². The van der Waals surface area contributed by atoms with Crippen molar-refractivity contribution in [3.63, 3.8) is 0 Å². The smallest absolute Gasteiger partial charge is 0.462 e. The Morgan fingerprint density at radius 1 is 0.585 bits per heavy atom. The number of rotatable bonds is 37. The van der Waals surface area contributed by atoms with E-state index in [-0.39, 0.29) is 32.6 Å². The lowest BCUT2D eigenvalue weighted by molar-refractivity contribution is -0.161. The van der Waals surface area contributed by atoms with E-state index in [1.165, 1.54) is 25.7 Å². The van der Waals surface area contributed by atoms with Gasteiger partial charge in [-0.15, -0.1) is 0 Å². The van der Waals surface area contributed by atoms with Crippen molar-refractivity contribution in [3.8, 4) is 0 Å². The van der Waals surface area contributed by atoms with Crippen LogP contribution in [-0.4, -0.2) is 49.3 Å². The van der Waals surface area contributed by atoms with Crippen molar-refractivity contribution < 1.29 is 37.6 Å². The van der Waals surface area contributed by atoms with Gasteiger partial charge < -0.3 is 20.1 Å². The summed E-state index contributed by atoms with van der Waals surface area (Å²) < 4.78 is 32.7. The number of esters is 2. The monoisotopic (exact) mass is 764 g/mol. The van der Waals surface area contributed by atoms with E-state index in [2.05, 4.69) is 86.8 Å². The lowest BCUT2D eigenvalue weighted by Crippen LogP contribution is -2.29. The molecule has 0 aliphatic carbocycles. The third kappa shape index (κ3) is 39.0. The first-order valence-corrected chi connectivity index (χ1v) is 21.9. The van der Waals surface area contributed by atoms with E-state index in [4.69, 9.17) is 24.3 Å². The van der Waals surface area contributed by atoms with E-state index >= 15 is 0 Å². The van der Waals surface area contributed by atoms with Gasteiger partial charge in [0, 0.05) is 19.4 Å². The zero-order chi connectivity index (χ0) is 38.9. The standard InChI is InChI=1S/C43H74NO8P/c1-3-5-7-9-11-13-15-17-19-20-22-23-25-27-29-31-33-35-42(45)49-39-41(40-51-53(47,48)50-38-37-44)52-43(46)36-34-32-30-28-26-24-21-18-16-14-12-10-8-6-4-2/h6,8,11-14,17-19,21-23,41H,3-5,7,9-10,15-16,20,24-40,44H2,1-2H3,(H,47,48)/b8-6+,13-11+,14-12+,19-17+,21-18+,23-22+/t41-/m1/s1. The number of hydrogen-bond donors (Lipinski definition) is 2. The minimum Gasteiger partial charge on any atom is -0.462 e. The largest absolute Gasteiger partial charge is 0.472 e. The fourth-order valence-electron chi connectivity index (χ4n) is 5.07. The van der Waals surface area contributed by atoms with Crippen LogP contribution in [-0.2, 0) is 32.7 Å². The average Bonchev–Trinajstić information content (AvgIpc) is 3.14. The Morgan fingerprint density at radius 2 is 1.04 bits per heavy atom. The molecule has 304 valence electrons. The normalized spacial score (nSPS) is 14.1. The number of carbonyl (C=O) groups excluding carboxylic acids is 2. The van der Waals surface area contributed by atoms with Gasteiger partial charge in [-0.05, 0) is 83.5 Å². The molecule has 53 heavy (non-hydrogen) atoms. The first-order valence-electron chi connectivity index (χ1n) is 20.4. The number of ether oxygens (including phenoxy) is 2. The van der Waals surface area contributed by atoms with Crippen molar-refractivity contribution in [1.29, 1.82) is 0 Å². The summed E-state index contributed by atoms with van der Waals surface area (Å²) in [5, 5.41) is 0. The molecule has 0 saturated carbocycles. The highest BCUT2D eigenvalue weighted by Gasteiger charge is 2.25. The van der Waals surface area contributed by atoms with Crippen LogP contribution in [0.15, 0.2) is 72.9 Å². The van der Waals surface area contributed by atoms with Crippen LogP contribution in [0.1, 0.15) is 155 Å². The van der Waals surface area contributed by atoms with Crippen molar-refractivity contribution in [2.24, 2.45) is 5.73 Å². The van der Waals surface area contributed by atoms with Crippen molar-refractivity contribution in [2.45, 2.75) is 161 Å². The van der Waals surface area contributed by atoms with E-state index in [0.29, 0.717) is 12.8 Å². The third-order valence-corrected chi connectivity index (χ3v) is 9.06. The Kier molecular flexibility index (Phi) is 37.3. The zero-order valence-corrected chi connectivity index (χ0v) is 34.1. The fraction of sp³-hybridized carbons (Fsp3) is 0.674. The summed E-state index contributed by atoms with van der Waals surface area (Å²) in [4.78, 5) is 34.8. The third-order valence-electron chi connectivity index (χ3n) is 8.08. The van der Waals surface area contributed by atoms with Crippen LogP contribution in [0.3, 0.4) is 0 Å². The van der Waals surface area contributed by atoms with Crippen molar-refractivity contribution in [2.75, 3.05) is 26.4 Å². The maximum absolute atomic E-state index is 12.5. The second kappa shape index (κ2) is 39.2. The molecule has 0 heterocycles. The van der Waals surface area contributed by atoms with Gasteiger partial charge in [0.1, 0.15) is 6.61 Å². The Labute approximate surface area is 322 Å². The van der Waals surface area contributed by atoms with Crippen LogP contribution in [0, 0.1) is 0 Å². The van der Waals surface area contributed by atoms with E-state index in [0.717, 1.165) is 89.9 Å². The van der Waals surface area contributed by atoms with Gasteiger partial charge in [0.2, 0.25) is 0 Å². The summed E-state index contributed by atoms with van der Waals surface area (Å²) in [6.45, 7) is 3.52. The number of hydrogen-bond acceptors (Lipinski definition) is 8. The molecule has 0 radical (unpaired) electrons. The molecular weight excluding hydrogens is 689 g/mol. The SMILES string of the molecule is CC/C=C/C/C=C/C/C=C/CCCCCCCC(=O)O[C@H](COC(=O)CCCCCC/C=C/C/C=C/C/C=C/CCCCC)COP(=O)(O)OCCN. The van der Waals surface area contributed by atoms with Crippen LogP contribution in [0.5, 0.6) is 0 Å². The molecule has 1 unspecified atom stereocenters. The number of phosphoric ester groups is 1. The van der Waals surface area contributed by atoms with Gasteiger partial charge in [-0.1, -0.05) is 132 Å². The molecule has 0 aromatic heterocycles. The molecule has 0 aliphatic heterocycles. The van der Waals surface area contributed by atoms with Gasteiger partial charge in [0.15, 0.2) is 6.10 Å². The van der Waals surface area contributed by atoms with E-state index in [1.54, 1.807) is 0 Å². The molecule has 0 aliphatic rings. The van der Waals surface area contributed by atoms with Gasteiger partial charge in [-0.2, -0.15) is 0 Å². The highest BCUT2D eigenvalue weighted by atomic mass is 31.2. The molecule has 3 N–H and O–H groups in total. The minimum absolute atomic E-state index is 0.0432. The number of phosphoric acid groups is 1. The molecule has 2 atom stereocenters. The molecule has 9 nitrogen and oxygen atoms in total. The maximum atomic E-state index is 12.5. The minimum atomic E-state index is -4.39. The average molecular weight is 764 g/mol. The summed E-state index contributed by atoms with van der Waals surface area (Å²) in [5.74, 6) is -0.881. The molecule has 0 fully saturated rings. The first-order chi connectivity index (χ1) is 25.8. The highest BCUT2D eigenvalue weighted by molar-refractivity contribution is 7.47. The number of unbranched alkanes of at least 4 members (excludes halogenated alkanes) is 12. The highest BCUT2D eigenvalue weighted by Crippen LogP contribution is 2.43. The first kappa shape index (κ1) is 50.5. The van der Waals surface area contributed by atoms with Gasteiger partial charge in [-0.3, -0.25) is 18.6 Å². The summed E-state index contributed by atoms with van der Waals surface area (Å²) in [7, 11) is -4.39. The molecule has 0 saturated heterocycles. The zero-order valence-electron chi connectivity index (χ0n) is 33.2. The Morgan fingerprint density at radius 3 is 1.55 bits per heavy atom. The van der Waals surface area contributed by atoms with Crippen LogP contribution in [0.4, 0.5) is 0 Å². The molecule has 0 aromatic carbocycles. The number of carbonyl (C=O) groups is 2. The van der Waals surface area contributed by atoms with Crippen molar-refractivity contribution >= 4 is 19.8 Å². The molecule has 0 spiro atoms. The second-order valence-electron chi connectivity index (χ2n) is 13.1. The Balaban J connectivity index is 4.27. The van der Waals surface area contributed by atoms with Crippen LogP contribution in [0.25, 0.3) is 0 Å². The van der Waals surface area contributed by atoms with Crippen LogP contribution >= 0.6 is 7.82 Å². The summed E-state index contributed by atoms with van der Waals surface area (Å²) in [6, 6.07) is 0. The molecule has 0 rings (SSSR count). The molecular formula is C43H74NO8P. The molecule has 0 aromatic rings. The van der Waals surface area contributed by atoms with E-state index < -0.39 is 32.5 Å². The van der Waals surface area contributed by atoms with Gasteiger partial charge in [-0.25, -0.2) is 4.57 Å². The summed E-state index contributed by atoms with van der Waals surface area (Å²) >= 11 is 0.